The molecule has 2 fully saturated rings. The van der Waals surface area contributed by atoms with Crippen LogP contribution in [0.5, 0.6) is 0 Å². The Kier molecular flexibility index (Phi) is 9.60. The molecule has 258 valence electrons. The molecule has 1 saturated carbocycles. The van der Waals surface area contributed by atoms with Crippen LogP contribution in [0.2, 0.25) is 0 Å². The minimum absolute atomic E-state index is 0.0681. The third-order valence-electron chi connectivity index (χ3n) is 9.99. The molecule has 1 unspecified atom stereocenters. The van der Waals surface area contributed by atoms with Crippen LogP contribution in [-0.4, -0.2) is 67.2 Å². The van der Waals surface area contributed by atoms with Crippen LogP contribution in [0.15, 0.2) is 72.4 Å². The van der Waals surface area contributed by atoms with Crippen LogP contribution in [0, 0.1) is 11.3 Å². The molecule has 1 aliphatic carbocycles. The number of hydrogen-bond acceptors (Lipinski definition) is 10. The van der Waals surface area contributed by atoms with Crippen molar-refractivity contribution < 1.29 is 9.63 Å². The number of aromatic nitrogens is 5. The molecule has 2 amide bonds. The van der Waals surface area contributed by atoms with Gasteiger partial charge in [-0.05, 0) is 63.1 Å². The Morgan fingerprint density at radius 3 is 2.66 bits per heavy atom. The van der Waals surface area contributed by atoms with E-state index in [1.54, 1.807) is 23.3 Å². The summed E-state index contributed by atoms with van der Waals surface area (Å²) in [4.78, 5) is 38.1. The van der Waals surface area contributed by atoms with Crippen molar-refractivity contribution in [2.24, 2.45) is 12.2 Å². The lowest BCUT2D eigenvalue weighted by molar-refractivity contribution is -0.0271. The molecule has 1 saturated heterocycles. The Labute approximate surface area is 292 Å². The second kappa shape index (κ2) is 14.5. The van der Waals surface area contributed by atoms with Crippen LogP contribution in [0.1, 0.15) is 69.4 Å². The first-order chi connectivity index (χ1) is 24.4. The molecule has 1 atom stereocenters. The standard InChI is InChI=1S/C37H43N11O2/c1-26-20-37(50-45-26)15-7-18-47(19-16-37)33-28(21-38)23-40-35(44-33)43-30-11-13-31(14-12-30)48(36(49)41-22-27-8-4-3-5-9-27)34-32(10-6-17-39-34)29-24-42-46(2)25-29/h3-6,8-10,17,23-25,30-31H,7,11-16,18-20,22H2,1-2H3,(H,41,49)(H,40,43,44)/t30-,31-,37?. The summed E-state index contributed by atoms with van der Waals surface area (Å²) in [5.41, 5.74) is 4.03. The van der Waals surface area contributed by atoms with Crippen molar-refractivity contribution in [1.29, 1.82) is 5.26 Å². The monoisotopic (exact) mass is 673 g/mol. The van der Waals surface area contributed by atoms with Gasteiger partial charge in [-0.25, -0.2) is 14.8 Å². The quantitative estimate of drug-likeness (QED) is 0.236. The van der Waals surface area contributed by atoms with E-state index in [2.05, 4.69) is 36.8 Å². The third kappa shape index (κ3) is 7.24. The fraction of sp³-hybridized carbons (Fsp3) is 0.432. The first-order valence-corrected chi connectivity index (χ1v) is 17.4. The molecule has 3 aromatic heterocycles. The summed E-state index contributed by atoms with van der Waals surface area (Å²) in [6.07, 6.45) is 13.8. The normalized spacial score (nSPS) is 21.9. The van der Waals surface area contributed by atoms with Crippen LogP contribution in [0.3, 0.4) is 0 Å². The number of amides is 2. The Morgan fingerprint density at radius 2 is 1.92 bits per heavy atom. The average Bonchev–Trinajstić information content (AvgIpc) is 3.68. The molecule has 7 rings (SSSR count). The minimum atomic E-state index is -0.251. The van der Waals surface area contributed by atoms with E-state index in [1.165, 1.54) is 0 Å². The lowest BCUT2D eigenvalue weighted by atomic mass is 9.90. The fourth-order valence-electron chi connectivity index (χ4n) is 7.44. The topological polar surface area (TPSA) is 149 Å². The van der Waals surface area contributed by atoms with Gasteiger partial charge in [0.15, 0.2) is 5.82 Å². The Hall–Kier alpha value is -5.51. The number of nitriles is 1. The average molecular weight is 674 g/mol. The van der Waals surface area contributed by atoms with Gasteiger partial charge < -0.3 is 20.4 Å². The number of carbonyl (C=O) groups is 1. The minimum Gasteiger partial charge on any atom is -0.389 e. The van der Waals surface area contributed by atoms with Crippen LogP contribution in [-0.2, 0) is 18.4 Å². The summed E-state index contributed by atoms with van der Waals surface area (Å²) in [7, 11) is 1.88. The van der Waals surface area contributed by atoms with Gasteiger partial charge in [-0.15, -0.1) is 0 Å². The van der Waals surface area contributed by atoms with E-state index in [9.17, 15) is 10.1 Å². The Bertz CT molecular complexity index is 1880. The third-order valence-corrected chi connectivity index (χ3v) is 9.99. The highest BCUT2D eigenvalue weighted by atomic mass is 16.7. The number of aryl methyl sites for hydroxylation is 1. The van der Waals surface area contributed by atoms with Crippen molar-refractivity contribution in [2.75, 3.05) is 28.2 Å². The van der Waals surface area contributed by atoms with E-state index in [0.717, 1.165) is 86.9 Å². The van der Waals surface area contributed by atoms with Crippen molar-refractivity contribution in [2.45, 2.75) is 82.5 Å². The van der Waals surface area contributed by atoms with Gasteiger partial charge in [0, 0.05) is 75.1 Å². The number of rotatable bonds is 8. The smallest absolute Gasteiger partial charge is 0.323 e. The highest BCUT2D eigenvalue weighted by molar-refractivity contribution is 5.95. The van der Waals surface area contributed by atoms with Crippen LogP contribution < -0.4 is 20.4 Å². The number of hydrogen-bond donors (Lipinski definition) is 2. The number of pyridine rings is 1. The van der Waals surface area contributed by atoms with Gasteiger partial charge in [-0.3, -0.25) is 9.58 Å². The van der Waals surface area contributed by atoms with Crippen molar-refractivity contribution in [3.05, 3.63) is 78.4 Å². The van der Waals surface area contributed by atoms with Crippen molar-refractivity contribution >= 4 is 29.3 Å². The first-order valence-electron chi connectivity index (χ1n) is 17.4. The van der Waals surface area contributed by atoms with E-state index in [4.69, 9.17) is 14.8 Å². The molecule has 0 radical (unpaired) electrons. The van der Waals surface area contributed by atoms with Crippen molar-refractivity contribution in [1.82, 2.24) is 30.0 Å². The number of anilines is 3. The molecule has 5 heterocycles. The maximum atomic E-state index is 14.0. The highest BCUT2D eigenvalue weighted by Gasteiger charge is 2.40. The summed E-state index contributed by atoms with van der Waals surface area (Å²) in [6, 6.07) is 15.9. The molecule has 50 heavy (non-hydrogen) atoms. The van der Waals surface area contributed by atoms with Crippen molar-refractivity contribution in [3.63, 3.8) is 0 Å². The molecular formula is C37H43N11O2. The van der Waals surface area contributed by atoms with Gasteiger partial charge in [-0.2, -0.15) is 15.3 Å². The summed E-state index contributed by atoms with van der Waals surface area (Å²) in [5.74, 6) is 1.79. The Balaban J connectivity index is 1.06. The molecule has 13 nitrogen and oxygen atoms in total. The summed E-state index contributed by atoms with van der Waals surface area (Å²) >= 11 is 0. The molecule has 4 aromatic rings. The Morgan fingerprint density at radius 1 is 1.08 bits per heavy atom. The van der Waals surface area contributed by atoms with Gasteiger partial charge in [0.05, 0.1) is 18.1 Å². The number of carbonyl (C=O) groups excluding carboxylic acids is 1. The van der Waals surface area contributed by atoms with E-state index in [1.807, 2.05) is 67.5 Å². The molecular weight excluding hydrogens is 630 g/mol. The predicted octanol–water partition coefficient (Wildman–Crippen LogP) is 5.81. The van der Waals surface area contributed by atoms with E-state index in [0.29, 0.717) is 29.7 Å². The van der Waals surface area contributed by atoms with Crippen LogP contribution >= 0.6 is 0 Å². The van der Waals surface area contributed by atoms with Gasteiger partial charge in [-0.1, -0.05) is 35.5 Å². The maximum absolute atomic E-state index is 14.0. The van der Waals surface area contributed by atoms with Gasteiger partial charge in [0.25, 0.3) is 0 Å². The van der Waals surface area contributed by atoms with Gasteiger partial charge >= 0.3 is 6.03 Å². The molecule has 3 aliphatic rings. The predicted molar refractivity (Wildman–Crippen MR) is 192 cm³/mol. The van der Waals surface area contributed by atoms with E-state index < -0.39 is 0 Å². The van der Waals surface area contributed by atoms with E-state index >= 15 is 0 Å². The molecule has 0 bridgehead atoms. The second-order valence-electron chi connectivity index (χ2n) is 13.6. The molecule has 1 aromatic carbocycles. The summed E-state index contributed by atoms with van der Waals surface area (Å²) in [6.45, 7) is 3.95. The summed E-state index contributed by atoms with van der Waals surface area (Å²) in [5, 5.41) is 25.2. The molecule has 1 spiro atoms. The van der Waals surface area contributed by atoms with E-state index in [-0.39, 0.29) is 23.7 Å². The van der Waals surface area contributed by atoms with Crippen LogP contribution in [0.25, 0.3) is 11.1 Å². The van der Waals surface area contributed by atoms with Crippen LogP contribution in [0.4, 0.5) is 22.4 Å². The zero-order valence-electron chi connectivity index (χ0n) is 28.6. The summed E-state index contributed by atoms with van der Waals surface area (Å²) < 4.78 is 1.75. The SMILES string of the molecule is CC1=NOC2(CCCN(c3nc(N[C@H]4CC[C@H](N(C(=O)NCc5ccccc5)c5ncccc5-c5cnn(C)c5)CC4)ncc3C#N)CC2)C1. The number of oxime groups is 1. The number of benzene rings is 1. The zero-order valence-corrected chi connectivity index (χ0v) is 28.6. The molecule has 13 heteroatoms. The zero-order chi connectivity index (χ0) is 34.5. The molecule has 2 N–H and O–H groups in total. The number of urea groups is 1. The lowest BCUT2D eigenvalue weighted by Gasteiger charge is -2.37. The lowest BCUT2D eigenvalue weighted by Crippen LogP contribution is -2.49. The molecule has 2 aliphatic heterocycles. The number of nitrogens with zero attached hydrogens (tertiary/aromatic N) is 9. The fourth-order valence-corrected chi connectivity index (χ4v) is 7.44. The second-order valence-corrected chi connectivity index (χ2v) is 13.6. The first kappa shape index (κ1) is 33.0. The van der Waals surface area contributed by atoms with Gasteiger partial charge in [0.2, 0.25) is 5.95 Å². The maximum Gasteiger partial charge on any atom is 0.323 e. The van der Waals surface area contributed by atoms with Crippen molar-refractivity contribution in [3.8, 4) is 17.2 Å². The van der Waals surface area contributed by atoms with Gasteiger partial charge in [0.1, 0.15) is 23.1 Å². The number of nitrogens with one attached hydrogen (secondary N) is 2. The highest BCUT2D eigenvalue weighted by Crippen LogP contribution is 2.37. The largest absolute Gasteiger partial charge is 0.389 e.